The first-order valence-electron chi connectivity index (χ1n) is 3.82. The Kier molecular flexibility index (Phi) is 42.3. The smallest absolute Gasteiger partial charge is 0.0740 e. The second kappa shape index (κ2) is 22.4. The van der Waals surface area contributed by atoms with E-state index in [1.807, 2.05) is 0 Å². The highest BCUT2D eigenvalue weighted by Gasteiger charge is 1.78. The third-order valence-corrected chi connectivity index (χ3v) is 0.658. The van der Waals surface area contributed by atoms with E-state index in [1.165, 1.54) is 4.90 Å². The molecule has 0 saturated carbocycles. The van der Waals surface area contributed by atoms with Crippen LogP contribution >= 0.6 is 0 Å². The van der Waals surface area contributed by atoms with Crippen molar-refractivity contribution >= 4 is 0 Å². The summed E-state index contributed by atoms with van der Waals surface area (Å²) < 4.78 is 0. The molecule has 0 radical (unpaired) electrons. The van der Waals surface area contributed by atoms with Gasteiger partial charge < -0.3 is 26.7 Å². The van der Waals surface area contributed by atoms with Crippen molar-refractivity contribution in [2.24, 2.45) is 0 Å². The fourth-order valence-corrected chi connectivity index (χ4v) is 0.289. The van der Waals surface area contributed by atoms with Crippen LogP contribution in [0.2, 0.25) is 0 Å². The minimum atomic E-state index is 0. The highest BCUT2D eigenvalue weighted by molar-refractivity contribution is 4.29. The lowest BCUT2D eigenvalue weighted by Gasteiger charge is -1.88. The van der Waals surface area contributed by atoms with Crippen LogP contribution < -0.4 is 10.6 Å². The molecule has 0 aromatic heterocycles. The monoisotopic (exact) mass is 184 g/mol. The van der Waals surface area contributed by atoms with Crippen LogP contribution in [0.1, 0.15) is 12.8 Å². The molecule has 5 nitrogen and oxygen atoms in total. The molecule has 7 N–H and O–H groups in total. The Labute approximate surface area is 74.8 Å². The molecule has 80 valence electrons. The van der Waals surface area contributed by atoms with Crippen LogP contribution in [0.25, 0.3) is 0 Å². The van der Waals surface area contributed by atoms with Crippen molar-refractivity contribution in [3.63, 3.8) is 0 Å². The molecule has 12 heavy (non-hydrogen) atoms. The van der Waals surface area contributed by atoms with Gasteiger partial charge in [0.15, 0.2) is 0 Å². The summed E-state index contributed by atoms with van der Waals surface area (Å²) in [6.07, 6.45) is 1.96. The summed E-state index contributed by atoms with van der Waals surface area (Å²) in [5.41, 5.74) is 3.61. The molecule has 0 rings (SSSR count). The summed E-state index contributed by atoms with van der Waals surface area (Å²) in [5.74, 6) is 0. The molecular weight excluding hydrogens is 160 g/mol. The van der Waals surface area contributed by atoms with Gasteiger partial charge in [0.2, 0.25) is 0 Å². The molecule has 0 amide bonds. The predicted octanol–water partition coefficient (Wildman–Crippen LogP) is -2.59. The van der Waals surface area contributed by atoms with E-state index in [-0.39, 0.29) is 11.0 Å². The van der Waals surface area contributed by atoms with Gasteiger partial charge in [-0.3, -0.25) is 0 Å². The maximum absolute atomic E-state index is 8.17. The normalized spacial score (nSPS) is 7.50. The maximum atomic E-state index is 8.17. The van der Waals surface area contributed by atoms with Gasteiger partial charge >= 0.3 is 0 Å². The number of unbranched alkanes of at least 4 members (excludes halogenated alkanes) is 1. The van der Waals surface area contributed by atoms with Crippen LogP contribution in [0.4, 0.5) is 0 Å². The third-order valence-electron chi connectivity index (χ3n) is 0.658. The zero-order valence-electron chi connectivity index (χ0n) is 8.38. The van der Waals surface area contributed by atoms with Gasteiger partial charge in [0, 0.05) is 6.61 Å². The van der Waals surface area contributed by atoms with Crippen molar-refractivity contribution in [2.45, 2.75) is 12.8 Å². The van der Waals surface area contributed by atoms with E-state index in [2.05, 4.69) is 26.9 Å². The summed E-state index contributed by atoms with van der Waals surface area (Å²) in [6.45, 7) is 1.26. The van der Waals surface area contributed by atoms with Crippen molar-refractivity contribution in [2.75, 3.05) is 34.3 Å². The molecule has 0 aliphatic rings. The van der Waals surface area contributed by atoms with Gasteiger partial charge in [-0.25, -0.2) is 0 Å². The number of quaternary nitrogens is 2. The average Bonchev–Trinajstić information content (AvgIpc) is 1.82. The Morgan fingerprint density at radius 2 is 1.42 bits per heavy atom. The van der Waals surface area contributed by atoms with E-state index in [9.17, 15) is 0 Å². The standard InChI is InChI=1S/C4H11NO.C3H9N.2H2O/c5-3-1-2-4-6;1-4(2)3;;/h6H,1-5H2;1-3H3;2*1H2. The van der Waals surface area contributed by atoms with Crippen molar-refractivity contribution < 1.29 is 26.7 Å². The quantitative estimate of drug-likeness (QED) is 0.418. The van der Waals surface area contributed by atoms with E-state index in [0.29, 0.717) is 6.61 Å². The molecule has 0 aliphatic heterocycles. The summed E-state index contributed by atoms with van der Waals surface area (Å²) in [6, 6.07) is 0. The lowest BCUT2D eigenvalue weighted by molar-refractivity contribution is -0.836. The number of aliphatic hydroxyl groups excluding tert-OH is 1. The minimum absolute atomic E-state index is 0. The predicted molar refractivity (Wildman–Crippen MR) is 46.7 cm³/mol. The summed E-state index contributed by atoms with van der Waals surface area (Å²) in [7, 11) is 6.25. The van der Waals surface area contributed by atoms with Crippen LogP contribution in [0.3, 0.4) is 0 Å². The first-order valence-corrected chi connectivity index (χ1v) is 3.82. The fraction of sp³-hybridized carbons (Fsp3) is 1.00. The highest BCUT2D eigenvalue weighted by atomic mass is 16.2. The number of hydrogen-bond acceptors (Lipinski definition) is 3. The highest BCUT2D eigenvalue weighted by Crippen LogP contribution is 1.78. The zero-order chi connectivity index (χ0) is 8.41. The first kappa shape index (κ1) is 22.6. The molecule has 0 atom stereocenters. The number of rotatable bonds is 3. The van der Waals surface area contributed by atoms with Gasteiger partial charge in [-0.2, -0.15) is 0 Å². The molecule has 0 aromatic carbocycles. The van der Waals surface area contributed by atoms with E-state index in [4.69, 9.17) is 5.11 Å². The minimum Gasteiger partial charge on any atom is -0.870 e. The molecule has 5 heteroatoms. The second-order valence-corrected chi connectivity index (χ2v) is 2.78. The lowest BCUT2D eigenvalue weighted by atomic mass is 10.3. The lowest BCUT2D eigenvalue weighted by Crippen LogP contribution is -3.02. The number of nitrogens with one attached hydrogen (secondary N) is 1. The van der Waals surface area contributed by atoms with E-state index in [1.54, 1.807) is 0 Å². The molecule has 0 heterocycles. The zero-order valence-corrected chi connectivity index (χ0v) is 8.38. The summed E-state index contributed by atoms with van der Waals surface area (Å²) >= 11 is 0. The number of hydrogen-bond donors (Lipinski definition) is 3. The molecule has 0 aromatic rings. The summed E-state index contributed by atoms with van der Waals surface area (Å²) in [5, 5.41) is 8.17. The number of aliphatic hydroxyl groups is 1. The van der Waals surface area contributed by atoms with Crippen molar-refractivity contribution in [3.05, 3.63) is 0 Å². The maximum Gasteiger partial charge on any atom is 0.0740 e. The molecule has 0 saturated heterocycles. The molecule has 0 spiro atoms. The topological polar surface area (TPSA) is 112 Å². The molecular formula is C7H24N2O3. The van der Waals surface area contributed by atoms with Crippen LogP contribution in [0.5, 0.6) is 0 Å². The van der Waals surface area contributed by atoms with Crippen molar-refractivity contribution in [1.82, 2.24) is 0 Å². The Hall–Kier alpha value is -0.200. The Balaban J connectivity index is -0.0000000483. The third kappa shape index (κ3) is 96.8. The van der Waals surface area contributed by atoms with E-state index >= 15 is 0 Å². The van der Waals surface area contributed by atoms with Gasteiger partial charge in [-0.1, -0.05) is 0 Å². The van der Waals surface area contributed by atoms with Crippen LogP contribution in [-0.2, 0) is 0 Å². The van der Waals surface area contributed by atoms with Crippen molar-refractivity contribution in [3.8, 4) is 0 Å². The molecule has 0 aliphatic carbocycles. The van der Waals surface area contributed by atoms with Gasteiger partial charge in [0.1, 0.15) is 0 Å². The van der Waals surface area contributed by atoms with Gasteiger partial charge in [0.25, 0.3) is 0 Å². The van der Waals surface area contributed by atoms with E-state index < -0.39 is 0 Å². The van der Waals surface area contributed by atoms with E-state index in [0.717, 1.165) is 19.4 Å². The van der Waals surface area contributed by atoms with Crippen LogP contribution in [-0.4, -0.2) is 50.4 Å². The van der Waals surface area contributed by atoms with Gasteiger partial charge in [-0.05, 0) is 12.8 Å². The Bertz CT molecular complexity index is 47.2. The van der Waals surface area contributed by atoms with Gasteiger partial charge in [-0.15, -0.1) is 0 Å². The average molecular weight is 184 g/mol. The Morgan fingerprint density at radius 1 is 1.08 bits per heavy atom. The van der Waals surface area contributed by atoms with Crippen molar-refractivity contribution in [1.29, 1.82) is 0 Å². The molecule has 0 bridgehead atoms. The van der Waals surface area contributed by atoms with Crippen LogP contribution in [0, 0.1) is 0 Å². The second-order valence-electron chi connectivity index (χ2n) is 2.78. The fourth-order valence-electron chi connectivity index (χ4n) is 0.289. The first-order chi connectivity index (χ1) is 4.65. The molecule has 0 fully saturated rings. The Morgan fingerprint density at radius 3 is 1.50 bits per heavy atom. The SMILES string of the molecule is C[NH+](C)C.[NH3+]CCCCO.[OH-].[OH-]. The largest absolute Gasteiger partial charge is 0.870 e. The van der Waals surface area contributed by atoms with Gasteiger partial charge in [0.05, 0.1) is 27.7 Å². The molecule has 0 unspecified atom stereocenters. The summed E-state index contributed by atoms with van der Waals surface area (Å²) in [4.78, 5) is 1.42. The van der Waals surface area contributed by atoms with Crippen LogP contribution in [0.15, 0.2) is 0 Å².